The first kappa shape index (κ1) is 29.1. The lowest BCUT2D eigenvalue weighted by Crippen LogP contribution is -2.50. The van der Waals surface area contributed by atoms with Crippen molar-refractivity contribution in [1.82, 2.24) is 14.8 Å². The van der Waals surface area contributed by atoms with Gasteiger partial charge in [-0.3, -0.25) is 0 Å². The number of rotatable bonds is 9. The molecule has 0 aliphatic carbocycles. The highest BCUT2D eigenvalue weighted by Crippen LogP contribution is 2.46. The first-order valence-electron chi connectivity index (χ1n) is 12.5. The molecule has 0 radical (unpaired) electrons. The molecule has 1 aliphatic heterocycles. The molecule has 1 aromatic heterocycles. The molecule has 1 aliphatic rings. The normalized spacial score (nSPS) is 20.5. The summed E-state index contributed by atoms with van der Waals surface area (Å²) in [7, 11) is 0. The minimum Gasteiger partial charge on any atom is -0.382 e. The van der Waals surface area contributed by atoms with Gasteiger partial charge in [-0.25, -0.2) is 9.67 Å². The molecule has 6 nitrogen and oxygen atoms in total. The second-order valence-corrected chi connectivity index (χ2v) is 11.9. The number of aryl methyl sites for hydroxylation is 1. The fourth-order valence-electron chi connectivity index (χ4n) is 4.31. The van der Waals surface area contributed by atoms with Crippen LogP contribution in [0.1, 0.15) is 36.1 Å². The van der Waals surface area contributed by atoms with Crippen LogP contribution in [0.15, 0.2) is 79.4 Å². The largest absolute Gasteiger partial charge is 0.416 e. The van der Waals surface area contributed by atoms with Crippen LogP contribution in [0.25, 0.3) is 6.08 Å². The average molecular weight is 560 g/mol. The van der Waals surface area contributed by atoms with Crippen LogP contribution >= 0.6 is 11.8 Å². The van der Waals surface area contributed by atoms with Gasteiger partial charge in [0.2, 0.25) is 0 Å². The maximum absolute atomic E-state index is 13.2. The van der Waals surface area contributed by atoms with Crippen molar-refractivity contribution >= 4 is 17.8 Å². The topological polar surface area (TPSA) is 69.4 Å². The van der Waals surface area contributed by atoms with Crippen LogP contribution in [0, 0.1) is 6.92 Å². The molecule has 39 heavy (non-hydrogen) atoms. The Hall–Kier alpha value is -2.92. The summed E-state index contributed by atoms with van der Waals surface area (Å²) < 4.78 is 51.9. The van der Waals surface area contributed by atoms with Gasteiger partial charge in [0.25, 0.3) is 0 Å². The molecule has 4 rings (SSSR count). The molecule has 1 saturated heterocycles. The highest BCUT2D eigenvalue weighted by molar-refractivity contribution is 8.01. The SMILES string of the molecule is Cc1ccc(/C=C/C=C/C2OCC(SC(C)(C)C(O)(Cn3cncn3)c3ccc(C(F)(F)F)cc3)CO2)cc1. The van der Waals surface area contributed by atoms with Gasteiger partial charge in [-0.2, -0.15) is 18.3 Å². The number of halogens is 3. The number of allylic oxidation sites excluding steroid dienone is 2. The molecule has 3 aromatic rings. The summed E-state index contributed by atoms with van der Waals surface area (Å²) in [5, 5.41) is 16.0. The second kappa shape index (κ2) is 12.1. The molecule has 0 spiro atoms. The van der Waals surface area contributed by atoms with Crippen molar-refractivity contribution < 1.29 is 27.8 Å². The van der Waals surface area contributed by atoms with Crippen LogP contribution in [0.5, 0.6) is 0 Å². The monoisotopic (exact) mass is 559 g/mol. The highest BCUT2D eigenvalue weighted by Gasteiger charge is 2.48. The molecule has 1 N–H and O–H groups in total. The van der Waals surface area contributed by atoms with E-state index in [1.54, 1.807) is 0 Å². The summed E-state index contributed by atoms with van der Waals surface area (Å²) >= 11 is 1.46. The van der Waals surface area contributed by atoms with Crippen molar-refractivity contribution in [1.29, 1.82) is 0 Å². The molecule has 10 heteroatoms. The average Bonchev–Trinajstić information content (AvgIpc) is 3.41. The lowest BCUT2D eigenvalue weighted by atomic mass is 9.82. The third-order valence-corrected chi connectivity index (χ3v) is 8.18. The number of thioether (sulfide) groups is 1. The number of aliphatic hydroxyl groups is 1. The van der Waals surface area contributed by atoms with E-state index < -0.39 is 28.4 Å². The minimum absolute atomic E-state index is 0.00544. The Morgan fingerprint density at radius 2 is 1.64 bits per heavy atom. The molecule has 1 unspecified atom stereocenters. The van der Waals surface area contributed by atoms with E-state index in [2.05, 4.69) is 22.2 Å². The molecule has 208 valence electrons. The molecule has 0 bridgehead atoms. The molecule has 1 fully saturated rings. The Bertz CT molecular complexity index is 1250. The number of hydrogen-bond donors (Lipinski definition) is 1. The minimum atomic E-state index is -4.47. The Morgan fingerprint density at radius 3 is 2.23 bits per heavy atom. The predicted molar refractivity (Wildman–Crippen MR) is 146 cm³/mol. The van der Waals surface area contributed by atoms with Gasteiger partial charge in [0.15, 0.2) is 6.29 Å². The second-order valence-electron chi connectivity index (χ2n) is 9.97. The predicted octanol–water partition coefficient (Wildman–Crippen LogP) is 6.02. The van der Waals surface area contributed by atoms with Crippen molar-refractivity contribution in [3.05, 3.63) is 102 Å². The highest BCUT2D eigenvalue weighted by atomic mass is 32.2. The van der Waals surface area contributed by atoms with E-state index in [0.29, 0.717) is 18.8 Å². The molecule has 1 atom stereocenters. The maximum atomic E-state index is 13.2. The molecule has 2 aromatic carbocycles. The Balaban J connectivity index is 1.41. The zero-order valence-electron chi connectivity index (χ0n) is 22.0. The van der Waals surface area contributed by atoms with Crippen molar-refractivity contribution in [3.8, 4) is 0 Å². The fraction of sp³-hybridized carbons (Fsp3) is 0.379. The summed E-state index contributed by atoms with van der Waals surface area (Å²) in [6.07, 6.45) is 5.49. The zero-order valence-corrected chi connectivity index (χ0v) is 22.8. The van der Waals surface area contributed by atoms with Gasteiger partial charge in [-0.05, 0) is 50.1 Å². The Kier molecular flexibility index (Phi) is 9.00. The van der Waals surface area contributed by atoms with Crippen molar-refractivity contribution in [2.24, 2.45) is 0 Å². The van der Waals surface area contributed by atoms with E-state index in [1.807, 2.05) is 57.2 Å². The number of hydrogen-bond acceptors (Lipinski definition) is 6. The van der Waals surface area contributed by atoms with Crippen LogP contribution in [-0.4, -0.2) is 49.4 Å². The standard InChI is InChI=1S/C29H32F3N3O3S/c1-21-8-10-22(11-9-21)6-4-5-7-26-37-16-25(17-38-26)39-27(2,3)28(36,18-35-20-33-19-34-35)23-12-14-24(15-13-23)29(30,31)32/h4-15,19-20,25-26,36H,16-18H2,1-3H3/b6-4+,7-5+. The number of nitrogens with zero attached hydrogens (tertiary/aromatic N) is 3. The first-order valence-corrected chi connectivity index (χ1v) is 13.4. The number of benzene rings is 2. The van der Waals surface area contributed by atoms with E-state index in [-0.39, 0.29) is 11.8 Å². The van der Waals surface area contributed by atoms with Crippen LogP contribution in [0.4, 0.5) is 13.2 Å². The fourth-order valence-corrected chi connectivity index (χ4v) is 5.81. The van der Waals surface area contributed by atoms with Gasteiger partial charge in [-0.15, -0.1) is 11.8 Å². The molecular weight excluding hydrogens is 527 g/mol. The third-order valence-electron chi connectivity index (χ3n) is 6.64. The van der Waals surface area contributed by atoms with Gasteiger partial charge >= 0.3 is 6.18 Å². The van der Waals surface area contributed by atoms with E-state index in [1.165, 1.54) is 46.8 Å². The van der Waals surface area contributed by atoms with E-state index in [9.17, 15) is 18.3 Å². The molecule has 2 heterocycles. The quantitative estimate of drug-likeness (QED) is 0.324. The van der Waals surface area contributed by atoms with E-state index in [0.717, 1.165) is 17.7 Å². The van der Waals surface area contributed by atoms with Gasteiger partial charge in [-0.1, -0.05) is 60.2 Å². The zero-order chi connectivity index (χ0) is 28.1. The maximum Gasteiger partial charge on any atom is 0.416 e. The summed E-state index contributed by atoms with van der Waals surface area (Å²) in [6, 6.07) is 12.8. The Morgan fingerprint density at radius 1 is 1.00 bits per heavy atom. The first-order chi connectivity index (χ1) is 18.5. The Labute approximate surface area is 230 Å². The van der Waals surface area contributed by atoms with E-state index >= 15 is 0 Å². The van der Waals surface area contributed by atoms with Crippen LogP contribution in [0.3, 0.4) is 0 Å². The van der Waals surface area contributed by atoms with Gasteiger partial charge in [0.05, 0.1) is 30.6 Å². The van der Waals surface area contributed by atoms with E-state index in [4.69, 9.17) is 9.47 Å². The van der Waals surface area contributed by atoms with Crippen LogP contribution in [-0.2, 0) is 27.8 Å². The van der Waals surface area contributed by atoms with Gasteiger partial charge in [0.1, 0.15) is 18.3 Å². The van der Waals surface area contributed by atoms with Crippen molar-refractivity contribution in [2.45, 2.75) is 55.4 Å². The summed E-state index contributed by atoms with van der Waals surface area (Å²) in [6.45, 7) is 6.53. The summed E-state index contributed by atoms with van der Waals surface area (Å²) in [4.78, 5) is 3.94. The number of alkyl halides is 3. The number of ether oxygens (including phenoxy) is 2. The van der Waals surface area contributed by atoms with Crippen molar-refractivity contribution in [3.63, 3.8) is 0 Å². The molecule has 0 saturated carbocycles. The molecule has 0 amide bonds. The number of aromatic nitrogens is 3. The van der Waals surface area contributed by atoms with Crippen molar-refractivity contribution in [2.75, 3.05) is 13.2 Å². The summed E-state index contributed by atoms with van der Waals surface area (Å²) in [5.41, 5.74) is 0.302. The van der Waals surface area contributed by atoms with Gasteiger partial charge < -0.3 is 14.6 Å². The van der Waals surface area contributed by atoms with Gasteiger partial charge in [0, 0.05) is 4.75 Å². The third kappa shape index (κ3) is 7.39. The van der Waals surface area contributed by atoms with Crippen LogP contribution in [0.2, 0.25) is 0 Å². The smallest absolute Gasteiger partial charge is 0.382 e. The lowest BCUT2D eigenvalue weighted by molar-refractivity contribution is -0.146. The summed E-state index contributed by atoms with van der Waals surface area (Å²) in [5.74, 6) is 0. The molecular formula is C29H32F3N3O3S. The lowest BCUT2D eigenvalue weighted by Gasteiger charge is -2.45. The van der Waals surface area contributed by atoms with Crippen LogP contribution < -0.4 is 0 Å².